The van der Waals surface area contributed by atoms with Crippen molar-refractivity contribution in [1.82, 2.24) is 0 Å². The summed E-state index contributed by atoms with van der Waals surface area (Å²) in [6.45, 7) is 12.8. The monoisotopic (exact) mass is 576 g/mol. The molecular formula is C38H40O5. The number of hydrogen-bond acceptors (Lipinski definition) is 5. The van der Waals surface area contributed by atoms with Crippen LogP contribution in [0.4, 0.5) is 0 Å². The van der Waals surface area contributed by atoms with Crippen LogP contribution in [0.3, 0.4) is 0 Å². The highest BCUT2D eigenvalue weighted by atomic mass is 16.5. The minimum Gasteiger partial charge on any atom is -0.493 e. The van der Waals surface area contributed by atoms with Crippen molar-refractivity contribution in [2.75, 3.05) is 7.11 Å². The molecule has 1 heterocycles. The predicted molar refractivity (Wildman–Crippen MR) is 169 cm³/mol. The number of allylic oxidation sites excluding steroid dienone is 5. The van der Waals surface area contributed by atoms with Gasteiger partial charge in [-0.05, 0) is 45.2 Å². The van der Waals surface area contributed by atoms with E-state index in [1.54, 1.807) is 7.11 Å². The van der Waals surface area contributed by atoms with Crippen LogP contribution in [0.15, 0.2) is 89.9 Å². The highest BCUT2D eigenvalue weighted by molar-refractivity contribution is 6.06. The molecule has 1 aliphatic heterocycles. The summed E-state index contributed by atoms with van der Waals surface area (Å²) in [6, 6.07) is 18.5. The number of rotatable bonds is 7. The second kappa shape index (κ2) is 10.9. The van der Waals surface area contributed by atoms with E-state index in [0.29, 0.717) is 72.9 Å². The number of carbonyl (C=O) groups is 2. The first kappa shape index (κ1) is 29.0. The molecule has 5 heteroatoms. The Morgan fingerprint density at radius 3 is 2.12 bits per heavy atom. The molecule has 0 fully saturated rings. The van der Waals surface area contributed by atoms with Crippen molar-refractivity contribution in [3.05, 3.63) is 107 Å². The quantitative estimate of drug-likeness (QED) is 0.264. The predicted octanol–water partition coefficient (Wildman–Crippen LogP) is 8.56. The van der Waals surface area contributed by atoms with Gasteiger partial charge in [-0.25, -0.2) is 0 Å². The molecule has 3 aliphatic rings. The second-order valence-corrected chi connectivity index (χ2v) is 13.7. The van der Waals surface area contributed by atoms with E-state index in [-0.39, 0.29) is 22.4 Å². The minimum atomic E-state index is -0.504. The van der Waals surface area contributed by atoms with Gasteiger partial charge in [-0.1, -0.05) is 82.3 Å². The third-order valence-electron chi connectivity index (χ3n) is 8.91. The van der Waals surface area contributed by atoms with Gasteiger partial charge in [0.2, 0.25) is 0 Å². The van der Waals surface area contributed by atoms with E-state index in [1.165, 1.54) is 0 Å². The van der Waals surface area contributed by atoms with Gasteiger partial charge in [-0.2, -0.15) is 0 Å². The fraction of sp³-hybridized carbons (Fsp3) is 0.368. The van der Waals surface area contributed by atoms with Crippen molar-refractivity contribution in [3.8, 4) is 11.5 Å². The van der Waals surface area contributed by atoms with Gasteiger partial charge in [0.25, 0.3) is 0 Å². The minimum absolute atomic E-state index is 0.0425. The van der Waals surface area contributed by atoms with E-state index in [0.717, 1.165) is 27.5 Å². The van der Waals surface area contributed by atoms with Gasteiger partial charge >= 0.3 is 0 Å². The number of ether oxygens (including phenoxy) is 3. The van der Waals surface area contributed by atoms with Gasteiger partial charge in [0, 0.05) is 48.3 Å². The molecule has 0 atom stereocenters. The molecular weight excluding hydrogens is 536 g/mol. The first-order chi connectivity index (χ1) is 20.5. The second-order valence-electron chi connectivity index (χ2n) is 13.7. The number of carbonyl (C=O) groups excluding carboxylic acids is 2. The third kappa shape index (κ3) is 5.42. The zero-order valence-electron chi connectivity index (χ0n) is 25.8. The molecule has 43 heavy (non-hydrogen) atoms. The van der Waals surface area contributed by atoms with Crippen LogP contribution in [0.25, 0.3) is 10.8 Å². The van der Waals surface area contributed by atoms with Crippen molar-refractivity contribution < 1.29 is 23.8 Å². The summed E-state index contributed by atoms with van der Waals surface area (Å²) in [5.41, 5.74) is 3.62. The van der Waals surface area contributed by atoms with Crippen molar-refractivity contribution in [3.63, 3.8) is 0 Å². The van der Waals surface area contributed by atoms with Gasteiger partial charge in [-0.3, -0.25) is 9.59 Å². The first-order valence-electron chi connectivity index (χ1n) is 15.1. The molecule has 222 valence electrons. The summed E-state index contributed by atoms with van der Waals surface area (Å²) >= 11 is 0. The standard InChI is InChI=1S/C38H40O5/c1-7-11-24-16-26(17-30(41-6)36(24)42-22-25-14-10-13-23-12-8-9-15-27(23)25)33-34-28(39)18-37(2,3)20-31(34)43-32-21-38(4,5)19-29(40)35(32)33/h7-10,12-17,33H,1,11,18-22H2,2-6H3. The highest BCUT2D eigenvalue weighted by Gasteiger charge is 2.48. The Morgan fingerprint density at radius 2 is 1.49 bits per heavy atom. The average molecular weight is 577 g/mol. The largest absolute Gasteiger partial charge is 0.493 e. The SMILES string of the molecule is C=CCc1cc(C2C3=C(CC(C)(C)CC3=O)OC3=C2C(=O)CC(C)(C)C3)cc(OC)c1OCc1cccc2ccccc12. The van der Waals surface area contributed by atoms with Crippen molar-refractivity contribution in [1.29, 1.82) is 0 Å². The Kier molecular flexibility index (Phi) is 7.32. The molecule has 6 rings (SSSR count). The third-order valence-corrected chi connectivity index (χ3v) is 8.91. The number of benzene rings is 3. The molecule has 0 saturated heterocycles. The van der Waals surface area contributed by atoms with E-state index in [9.17, 15) is 9.59 Å². The molecule has 0 N–H and O–H groups in total. The lowest BCUT2D eigenvalue weighted by atomic mass is 9.65. The average Bonchev–Trinajstić information content (AvgIpc) is 2.94. The van der Waals surface area contributed by atoms with E-state index in [1.807, 2.05) is 30.3 Å². The first-order valence-corrected chi connectivity index (χ1v) is 15.1. The number of methoxy groups -OCH3 is 1. The highest BCUT2D eigenvalue weighted by Crippen LogP contribution is 2.54. The van der Waals surface area contributed by atoms with Gasteiger partial charge in [-0.15, -0.1) is 6.58 Å². The maximum atomic E-state index is 13.8. The molecule has 0 spiro atoms. The zero-order chi connectivity index (χ0) is 30.5. The number of ketones is 2. The molecule has 0 saturated carbocycles. The Bertz CT molecular complexity index is 1660. The van der Waals surface area contributed by atoms with Gasteiger partial charge in [0.05, 0.1) is 7.11 Å². The van der Waals surface area contributed by atoms with Crippen LogP contribution >= 0.6 is 0 Å². The molecule has 5 nitrogen and oxygen atoms in total. The van der Waals surface area contributed by atoms with Crippen LogP contribution in [0, 0.1) is 10.8 Å². The van der Waals surface area contributed by atoms with E-state index in [4.69, 9.17) is 14.2 Å². The maximum absolute atomic E-state index is 13.8. The molecule has 0 radical (unpaired) electrons. The van der Waals surface area contributed by atoms with Crippen LogP contribution in [-0.2, 0) is 27.4 Å². The molecule has 0 aromatic heterocycles. The van der Waals surface area contributed by atoms with Crippen LogP contribution in [0.2, 0.25) is 0 Å². The fourth-order valence-electron chi connectivity index (χ4n) is 7.05. The van der Waals surface area contributed by atoms with Gasteiger partial charge in [0.1, 0.15) is 18.1 Å². The fourth-order valence-corrected chi connectivity index (χ4v) is 7.05. The Hall–Kier alpha value is -4.12. The normalized spacial score (nSPS) is 19.6. The summed E-state index contributed by atoms with van der Waals surface area (Å²) in [6.07, 6.45) is 4.51. The van der Waals surface area contributed by atoms with Gasteiger partial charge in [0.15, 0.2) is 23.1 Å². The molecule has 3 aromatic carbocycles. The van der Waals surface area contributed by atoms with E-state index < -0.39 is 5.92 Å². The van der Waals surface area contributed by atoms with Crippen molar-refractivity contribution in [2.45, 2.75) is 72.3 Å². The molecule has 0 unspecified atom stereocenters. The topological polar surface area (TPSA) is 61.8 Å². The Morgan fingerprint density at radius 1 is 0.860 bits per heavy atom. The van der Waals surface area contributed by atoms with Crippen LogP contribution < -0.4 is 9.47 Å². The summed E-state index contributed by atoms with van der Waals surface area (Å²) in [5, 5.41) is 2.30. The molecule has 0 bridgehead atoms. The lowest BCUT2D eigenvalue weighted by Gasteiger charge is -2.42. The number of fused-ring (bicyclic) bond motifs is 1. The lowest BCUT2D eigenvalue weighted by molar-refractivity contribution is -0.120. The summed E-state index contributed by atoms with van der Waals surface area (Å²) in [7, 11) is 1.63. The van der Waals surface area contributed by atoms with Crippen LogP contribution in [-0.4, -0.2) is 18.7 Å². The summed E-state index contributed by atoms with van der Waals surface area (Å²) in [5.74, 6) is 2.20. The van der Waals surface area contributed by atoms with E-state index in [2.05, 4.69) is 64.6 Å². The van der Waals surface area contributed by atoms with Crippen molar-refractivity contribution >= 4 is 22.3 Å². The molecule has 0 amide bonds. The van der Waals surface area contributed by atoms with Crippen LogP contribution in [0.1, 0.15) is 76.0 Å². The Labute approximate surface area is 254 Å². The molecule has 3 aromatic rings. The van der Waals surface area contributed by atoms with Gasteiger partial charge < -0.3 is 14.2 Å². The summed E-state index contributed by atoms with van der Waals surface area (Å²) < 4.78 is 18.9. The van der Waals surface area contributed by atoms with Crippen LogP contribution in [0.5, 0.6) is 11.5 Å². The maximum Gasteiger partial charge on any atom is 0.165 e. The lowest BCUT2D eigenvalue weighted by Crippen LogP contribution is -2.37. The zero-order valence-corrected chi connectivity index (χ0v) is 25.8. The van der Waals surface area contributed by atoms with Crippen molar-refractivity contribution in [2.24, 2.45) is 10.8 Å². The summed E-state index contributed by atoms with van der Waals surface area (Å²) in [4.78, 5) is 27.6. The van der Waals surface area contributed by atoms with E-state index >= 15 is 0 Å². The smallest absolute Gasteiger partial charge is 0.165 e. The number of hydrogen-bond donors (Lipinski definition) is 0. The molecule has 2 aliphatic carbocycles. The Balaban J connectivity index is 1.47. The number of Topliss-reactive ketones (excluding diaryl/α,β-unsaturated/α-hetero) is 2.